The van der Waals surface area contributed by atoms with E-state index in [1.165, 1.54) is 16.7 Å². The molecule has 7 heteroatoms. The summed E-state index contributed by atoms with van der Waals surface area (Å²) >= 11 is 0. The Morgan fingerprint density at radius 2 is 2.10 bits per heavy atom. The lowest BCUT2D eigenvalue weighted by atomic mass is 9.66. The number of aromatic nitrogens is 4. The van der Waals surface area contributed by atoms with Gasteiger partial charge in [0.15, 0.2) is 0 Å². The predicted octanol–water partition coefficient (Wildman–Crippen LogP) is 4.13. The van der Waals surface area contributed by atoms with Crippen molar-refractivity contribution in [2.75, 3.05) is 11.9 Å². The summed E-state index contributed by atoms with van der Waals surface area (Å²) in [6, 6.07) is 7.52. The molecular weight excluding hydrogens is 366 g/mol. The number of anilines is 1. The van der Waals surface area contributed by atoms with Crippen LogP contribution in [0, 0.1) is 11.3 Å². The standard InChI is InChI=1S/C22H25N5O2/c1-14(17-8-10-22(2,3)19-13-29-11-9-18(17)19)12-15-4-6-16(7-5-15)20(28)23-21-24-26-27-25-21/h4-7,9,11-12,17H,8,10,13H2,1-3H3,(H2,23,24,25,26,27,28). The third-order valence-electron chi connectivity index (χ3n) is 5.86. The molecule has 1 aliphatic carbocycles. The number of carbonyl (C=O) groups is 1. The van der Waals surface area contributed by atoms with Crippen molar-refractivity contribution in [2.24, 2.45) is 11.3 Å². The average molecular weight is 391 g/mol. The van der Waals surface area contributed by atoms with Gasteiger partial charge in [0.25, 0.3) is 11.9 Å². The van der Waals surface area contributed by atoms with Gasteiger partial charge in [0.1, 0.15) is 6.61 Å². The fourth-order valence-electron chi connectivity index (χ4n) is 4.12. The van der Waals surface area contributed by atoms with Crippen LogP contribution in [0.15, 0.2) is 53.3 Å². The Morgan fingerprint density at radius 1 is 1.31 bits per heavy atom. The first-order valence-corrected chi connectivity index (χ1v) is 9.79. The van der Waals surface area contributed by atoms with E-state index in [0.29, 0.717) is 18.1 Å². The Labute approximate surface area is 169 Å². The Balaban J connectivity index is 1.52. The molecule has 0 fully saturated rings. The van der Waals surface area contributed by atoms with E-state index < -0.39 is 0 Å². The predicted molar refractivity (Wildman–Crippen MR) is 111 cm³/mol. The summed E-state index contributed by atoms with van der Waals surface area (Å²) in [5.74, 6) is 0.290. The summed E-state index contributed by atoms with van der Waals surface area (Å²) in [6.45, 7) is 7.48. The van der Waals surface area contributed by atoms with E-state index in [9.17, 15) is 4.79 Å². The number of nitrogens with zero attached hydrogens (tertiary/aromatic N) is 3. The molecule has 2 N–H and O–H groups in total. The van der Waals surface area contributed by atoms with Crippen LogP contribution in [0.1, 0.15) is 49.5 Å². The molecule has 29 heavy (non-hydrogen) atoms. The highest BCUT2D eigenvalue weighted by molar-refractivity contribution is 6.03. The van der Waals surface area contributed by atoms with Crippen LogP contribution in [0.2, 0.25) is 0 Å². The molecule has 0 saturated carbocycles. The summed E-state index contributed by atoms with van der Waals surface area (Å²) in [4.78, 5) is 12.2. The smallest absolute Gasteiger partial charge is 0.270 e. The Bertz CT molecular complexity index is 985. The zero-order chi connectivity index (χ0) is 20.4. The molecule has 1 aromatic heterocycles. The molecule has 7 nitrogen and oxygen atoms in total. The maximum atomic E-state index is 12.2. The fourth-order valence-corrected chi connectivity index (χ4v) is 4.12. The first-order chi connectivity index (χ1) is 13.9. The largest absolute Gasteiger partial charge is 0.497 e. The fraction of sp³-hybridized carbons (Fsp3) is 0.364. The summed E-state index contributed by atoms with van der Waals surface area (Å²) in [7, 11) is 0. The molecule has 2 aromatic rings. The first-order valence-electron chi connectivity index (χ1n) is 9.79. The van der Waals surface area contributed by atoms with E-state index in [1.54, 1.807) is 12.1 Å². The van der Waals surface area contributed by atoms with Crippen molar-refractivity contribution in [3.63, 3.8) is 0 Å². The van der Waals surface area contributed by atoms with Gasteiger partial charge in [-0.15, -0.1) is 5.10 Å². The third kappa shape index (κ3) is 3.99. The molecule has 4 rings (SSSR count). The van der Waals surface area contributed by atoms with Crippen LogP contribution in [0.4, 0.5) is 5.95 Å². The Kier molecular flexibility index (Phi) is 5.05. The van der Waals surface area contributed by atoms with Gasteiger partial charge in [-0.25, -0.2) is 0 Å². The molecule has 1 amide bonds. The van der Waals surface area contributed by atoms with E-state index in [-0.39, 0.29) is 17.3 Å². The van der Waals surface area contributed by atoms with Gasteiger partial charge in [0, 0.05) is 11.5 Å². The molecule has 0 bridgehead atoms. The topological polar surface area (TPSA) is 92.8 Å². The molecule has 2 heterocycles. The number of hydrogen-bond acceptors (Lipinski definition) is 5. The highest BCUT2D eigenvalue weighted by Crippen LogP contribution is 2.46. The zero-order valence-electron chi connectivity index (χ0n) is 16.9. The summed E-state index contributed by atoms with van der Waals surface area (Å²) in [5.41, 5.74) is 5.94. The summed E-state index contributed by atoms with van der Waals surface area (Å²) < 4.78 is 5.58. The summed E-state index contributed by atoms with van der Waals surface area (Å²) in [5, 5.41) is 15.8. The number of H-pyrrole nitrogens is 1. The minimum Gasteiger partial charge on any atom is -0.497 e. The monoisotopic (exact) mass is 391 g/mol. The van der Waals surface area contributed by atoms with Crippen molar-refractivity contribution in [3.05, 3.63) is 64.4 Å². The van der Waals surface area contributed by atoms with Gasteiger partial charge < -0.3 is 4.74 Å². The minimum atomic E-state index is -0.268. The van der Waals surface area contributed by atoms with Crippen LogP contribution in [0.3, 0.4) is 0 Å². The first kappa shape index (κ1) is 19.1. The Morgan fingerprint density at radius 3 is 2.83 bits per heavy atom. The van der Waals surface area contributed by atoms with Gasteiger partial charge in [-0.1, -0.05) is 42.7 Å². The number of carbonyl (C=O) groups excluding carboxylic acids is 1. The van der Waals surface area contributed by atoms with Gasteiger partial charge in [-0.3, -0.25) is 10.1 Å². The molecule has 0 saturated heterocycles. The highest BCUT2D eigenvalue weighted by Gasteiger charge is 2.35. The van der Waals surface area contributed by atoms with E-state index >= 15 is 0 Å². The van der Waals surface area contributed by atoms with Gasteiger partial charge in [0.2, 0.25) is 0 Å². The van der Waals surface area contributed by atoms with Crippen molar-refractivity contribution >= 4 is 17.9 Å². The van der Waals surface area contributed by atoms with Crippen LogP contribution in [-0.4, -0.2) is 33.1 Å². The van der Waals surface area contributed by atoms with Crippen LogP contribution in [-0.2, 0) is 4.74 Å². The maximum Gasteiger partial charge on any atom is 0.270 e. The minimum absolute atomic E-state index is 0.156. The van der Waals surface area contributed by atoms with Gasteiger partial charge in [-0.2, -0.15) is 5.21 Å². The van der Waals surface area contributed by atoms with Crippen molar-refractivity contribution in [1.29, 1.82) is 0 Å². The second-order valence-corrected chi connectivity index (χ2v) is 8.22. The van der Waals surface area contributed by atoms with Crippen molar-refractivity contribution in [2.45, 2.75) is 33.6 Å². The number of tetrazole rings is 1. The van der Waals surface area contributed by atoms with Gasteiger partial charge >= 0.3 is 0 Å². The SMILES string of the molecule is CC(=Cc1ccc(C(=O)Nc2nn[nH]n2)cc1)C1CCC(C)(C)C2=C1C=COC2. The number of ether oxygens (including phenoxy) is 1. The van der Waals surface area contributed by atoms with E-state index in [2.05, 4.69) is 58.9 Å². The van der Waals surface area contributed by atoms with Gasteiger partial charge in [0.05, 0.1) is 6.26 Å². The molecule has 0 spiro atoms. The lowest BCUT2D eigenvalue weighted by Gasteiger charge is -2.40. The van der Waals surface area contributed by atoms with Crippen molar-refractivity contribution in [3.8, 4) is 0 Å². The van der Waals surface area contributed by atoms with E-state index in [1.807, 2.05) is 18.4 Å². The molecular formula is C22H25N5O2. The molecule has 1 aromatic carbocycles. The number of hydrogen-bond donors (Lipinski definition) is 2. The Hall–Kier alpha value is -3.22. The van der Waals surface area contributed by atoms with E-state index in [0.717, 1.165) is 18.4 Å². The van der Waals surface area contributed by atoms with Crippen molar-refractivity contribution in [1.82, 2.24) is 20.6 Å². The molecule has 1 unspecified atom stereocenters. The zero-order valence-corrected chi connectivity index (χ0v) is 16.9. The van der Waals surface area contributed by atoms with Crippen LogP contribution < -0.4 is 5.32 Å². The molecule has 0 radical (unpaired) electrons. The molecule has 1 atom stereocenters. The number of allylic oxidation sites excluding steroid dienone is 3. The lowest BCUT2D eigenvalue weighted by molar-refractivity contribution is 0.102. The highest BCUT2D eigenvalue weighted by atomic mass is 16.5. The number of aromatic amines is 1. The second kappa shape index (κ2) is 7.66. The van der Waals surface area contributed by atoms with Crippen LogP contribution in [0.5, 0.6) is 0 Å². The normalized spacial score (nSPS) is 20.8. The molecule has 1 aliphatic heterocycles. The molecule has 2 aliphatic rings. The summed E-state index contributed by atoms with van der Waals surface area (Å²) in [6.07, 6.45) is 8.43. The number of nitrogens with one attached hydrogen (secondary N) is 2. The quantitative estimate of drug-likeness (QED) is 0.817. The molecule has 150 valence electrons. The number of rotatable bonds is 4. The average Bonchev–Trinajstić information content (AvgIpc) is 3.21. The van der Waals surface area contributed by atoms with Gasteiger partial charge in [-0.05, 0) is 65.3 Å². The third-order valence-corrected chi connectivity index (χ3v) is 5.86. The number of amides is 1. The van der Waals surface area contributed by atoms with Crippen molar-refractivity contribution < 1.29 is 9.53 Å². The second-order valence-electron chi connectivity index (χ2n) is 8.22. The maximum absolute atomic E-state index is 12.2. The lowest BCUT2D eigenvalue weighted by Crippen LogP contribution is -2.29. The van der Waals surface area contributed by atoms with E-state index in [4.69, 9.17) is 4.74 Å². The number of benzene rings is 1. The van der Waals surface area contributed by atoms with Crippen LogP contribution in [0.25, 0.3) is 6.08 Å². The van der Waals surface area contributed by atoms with Crippen LogP contribution >= 0.6 is 0 Å².